The van der Waals surface area contributed by atoms with Crippen LogP contribution in [0.5, 0.6) is 0 Å². The van der Waals surface area contributed by atoms with Gasteiger partial charge in [0.05, 0.1) is 11.9 Å². The summed E-state index contributed by atoms with van der Waals surface area (Å²) in [5.41, 5.74) is 6.96. The molecule has 4 N–H and O–H groups in total. The minimum Gasteiger partial charge on any atom is -0.423 e. The minimum atomic E-state index is 0. The van der Waals surface area contributed by atoms with Gasteiger partial charge in [-0.25, -0.2) is 0 Å². The predicted octanol–water partition coefficient (Wildman–Crippen LogP) is 2.70. The zero-order valence-electron chi connectivity index (χ0n) is 11.9. The second-order valence-electron chi connectivity index (χ2n) is 3.57. The Labute approximate surface area is 153 Å². The van der Waals surface area contributed by atoms with Crippen molar-refractivity contribution in [3.05, 3.63) is 48.5 Å². The molecule has 0 amide bonds. The van der Waals surface area contributed by atoms with Crippen LogP contribution in [-0.4, -0.2) is 21.0 Å². The van der Waals surface area contributed by atoms with Crippen molar-refractivity contribution in [2.45, 2.75) is 6.92 Å². The van der Waals surface area contributed by atoms with E-state index in [-0.39, 0.29) is 31.1 Å². The quantitative estimate of drug-likeness (QED) is 0.420. The molecule has 2 rings (SSSR count). The molecule has 2 heterocycles. The number of halogens is 1. The third kappa shape index (κ3) is 5.62. The number of nitrogen functional groups attached to an aromatic ring is 1. The smallest absolute Gasteiger partial charge is 0.423 e. The summed E-state index contributed by atoms with van der Waals surface area (Å²) in [6, 6.07) is 1.77. The summed E-state index contributed by atoms with van der Waals surface area (Å²) in [6.07, 6.45) is 6.08. The standard InChI is InChI=1S/C11H12ClN6.C2H5.U/c1-7(15-5-8-3-4-14-11(8)13)17-9-6-16-18(2)10(9)12;1-2;/h3-4,6,14,17H,1,13H2,2H3;1H2,2H3;/q2*-1;+2. The predicted molar refractivity (Wildman–Crippen MR) is 83.8 cm³/mol. The summed E-state index contributed by atoms with van der Waals surface area (Å²) in [4.78, 5) is 6.85. The maximum Gasteiger partial charge on any atom is 2.00 e. The summed E-state index contributed by atoms with van der Waals surface area (Å²) in [7, 11) is 1.74. The van der Waals surface area contributed by atoms with Crippen LogP contribution in [0.4, 0.5) is 11.5 Å². The van der Waals surface area contributed by atoms with Gasteiger partial charge in [-0.3, -0.25) is 4.68 Å². The molecule has 2 aromatic heterocycles. The Kier molecular flexibility index (Phi) is 9.18. The van der Waals surface area contributed by atoms with Crippen LogP contribution in [0.2, 0.25) is 5.15 Å². The Bertz CT molecular complexity index is 602. The van der Waals surface area contributed by atoms with Crippen LogP contribution in [0.1, 0.15) is 12.5 Å². The second kappa shape index (κ2) is 9.72. The van der Waals surface area contributed by atoms with E-state index in [1.807, 2.05) is 0 Å². The summed E-state index contributed by atoms with van der Waals surface area (Å²) < 4.78 is 1.54. The summed E-state index contributed by atoms with van der Waals surface area (Å²) in [6.45, 7) is 8.74. The van der Waals surface area contributed by atoms with E-state index in [2.05, 4.69) is 40.1 Å². The molecule has 0 radical (unpaired) electrons. The van der Waals surface area contributed by atoms with Gasteiger partial charge >= 0.3 is 31.1 Å². The number of hydrogen-bond donors (Lipinski definition) is 3. The van der Waals surface area contributed by atoms with Crippen LogP contribution < -0.4 is 11.1 Å². The molecule has 2 aromatic rings. The van der Waals surface area contributed by atoms with Crippen molar-refractivity contribution in [1.82, 2.24) is 14.8 Å². The molecular weight excluding hydrogens is 514 g/mol. The molecule has 0 aromatic carbocycles. The molecule has 0 fully saturated rings. The number of aliphatic imine (C=N–C) groups is 1. The Morgan fingerprint density at radius 3 is 2.76 bits per heavy atom. The maximum absolute atomic E-state index is 5.99. The molecule has 0 saturated carbocycles. The van der Waals surface area contributed by atoms with Gasteiger partial charge in [0.25, 0.3) is 0 Å². The SMILES string of the molecule is C=C(N=[C-]c1cc[nH]c1N)Nc1cnn(C)c1Cl.[CH2-]C.[U+2]. The van der Waals surface area contributed by atoms with Gasteiger partial charge < -0.3 is 28.0 Å². The van der Waals surface area contributed by atoms with E-state index in [1.54, 1.807) is 32.4 Å². The number of aryl methyl sites for hydroxylation is 1. The van der Waals surface area contributed by atoms with Gasteiger partial charge in [-0.1, -0.05) is 23.7 Å². The third-order valence-corrected chi connectivity index (χ3v) is 2.68. The monoisotopic (exact) mass is 530 g/mol. The van der Waals surface area contributed by atoms with Crippen LogP contribution in [0.3, 0.4) is 0 Å². The average Bonchev–Trinajstić information content (AvgIpc) is 2.99. The summed E-state index contributed by atoms with van der Waals surface area (Å²) in [5, 5.41) is 7.39. The van der Waals surface area contributed by atoms with Gasteiger partial charge in [0.2, 0.25) is 0 Å². The van der Waals surface area contributed by atoms with Crippen LogP contribution in [0.15, 0.2) is 35.9 Å². The van der Waals surface area contributed by atoms with Gasteiger partial charge in [-0.05, 0) is 12.4 Å². The minimum absolute atomic E-state index is 0. The Balaban J connectivity index is 0.00000128. The number of nitrogens with zero attached hydrogens (tertiary/aromatic N) is 3. The first-order chi connectivity index (χ1) is 9.58. The van der Waals surface area contributed by atoms with Gasteiger partial charge in [0, 0.05) is 18.7 Å². The molecule has 0 spiro atoms. The number of hydrogen-bond acceptors (Lipinski definition) is 4. The van der Waals surface area contributed by atoms with E-state index < -0.39 is 0 Å². The van der Waals surface area contributed by atoms with Crippen molar-refractivity contribution in [3.63, 3.8) is 0 Å². The van der Waals surface area contributed by atoms with E-state index >= 15 is 0 Å². The summed E-state index contributed by atoms with van der Waals surface area (Å²) >= 11 is 5.99. The van der Waals surface area contributed by atoms with Crippen LogP contribution in [0, 0.1) is 38.0 Å². The first kappa shape index (κ1) is 19.8. The maximum atomic E-state index is 5.99. The molecule has 0 bridgehead atoms. The molecule has 0 aliphatic carbocycles. The largest absolute Gasteiger partial charge is 2.00 e. The molecular formula is C13H17ClN6U. The Morgan fingerprint density at radius 2 is 2.29 bits per heavy atom. The number of anilines is 2. The zero-order valence-corrected chi connectivity index (χ0v) is 16.9. The molecule has 8 heteroatoms. The van der Waals surface area contributed by atoms with Crippen LogP contribution in [-0.2, 0) is 7.05 Å². The van der Waals surface area contributed by atoms with Crippen molar-refractivity contribution in [2.24, 2.45) is 12.0 Å². The fourth-order valence-corrected chi connectivity index (χ4v) is 1.44. The number of H-pyrrole nitrogens is 1. The number of aromatic amines is 1. The van der Waals surface area contributed by atoms with Gasteiger partial charge in [-0.15, -0.1) is 6.07 Å². The number of rotatable bonds is 4. The normalized spacial score (nSPS) is 9.71. The van der Waals surface area contributed by atoms with Gasteiger partial charge in [-0.2, -0.15) is 12.0 Å². The van der Waals surface area contributed by atoms with Crippen molar-refractivity contribution in [2.75, 3.05) is 11.1 Å². The molecule has 21 heavy (non-hydrogen) atoms. The van der Waals surface area contributed by atoms with Crippen LogP contribution >= 0.6 is 11.6 Å². The van der Waals surface area contributed by atoms with E-state index in [0.717, 1.165) is 0 Å². The molecule has 0 aliphatic heterocycles. The Hall–Kier alpha value is -1.16. The molecule has 0 saturated heterocycles. The molecule has 110 valence electrons. The van der Waals surface area contributed by atoms with E-state index in [4.69, 9.17) is 17.3 Å². The van der Waals surface area contributed by atoms with Crippen molar-refractivity contribution >= 4 is 29.3 Å². The van der Waals surface area contributed by atoms with Crippen molar-refractivity contribution in [3.8, 4) is 0 Å². The average molecular weight is 531 g/mol. The number of nitrogens with one attached hydrogen (secondary N) is 2. The van der Waals surface area contributed by atoms with E-state index in [0.29, 0.717) is 28.0 Å². The second-order valence-corrected chi connectivity index (χ2v) is 3.93. The third-order valence-electron chi connectivity index (χ3n) is 2.24. The molecule has 0 aliphatic rings. The van der Waals surface area contributed by atoms with Crippen LogP contribution in [0.25, 0.3) is 0 Å². The van der Waals surface area contributed by atoms with E-state index in [1.165, 1.54) is 4.68 Å². The topological polar surface area (TPSA) is 84.0 Å². The van der Waals surface area contributed by atoms with Crippen molar-refractivity contribution in [1.29, 1.82) is 0 Å². The van der Waals surface area contributed by atoms with Crippen molar-refractivity contribution < 1.29 is 31.1 Å². The fourth-order valence-electron chi connectivity index (χ4n) is 1.30. The molecule has 0 atom stereocenters. The fraction of sp³-hybridized carbons (Fsp3) is 0.154. The van der Waals surface area contributed by atoms with Gasteiger partial charge in [0.1, 0.15) is 5.15 Å². The number of aromatic nitrogens is 3. The van der Waals surface area contributed by atoms with Gasteiger partial charge in [0.15, 0.2) is 0 Å². The first-order valence-corrected chi connectivity index (χ1v) is 6.19. The zero-order chi connectivity index (χ0) is 15.1. The molecule has 0 unspecified atom stereocenters. The Morgan fingerprint density at radius 1 is 1.62 bits per heavy atom. The molecule has 6 nitrogen and oxygen atoms in total. The first-order valence-electron chi connectivity index (χ1n) is 5.81. The summed E-state index contributed by atoms with van der Waals surface area (Å²) in [5.74, 6) is 0.900. The van der Waals surface area contributed by atoms with E-state index in [9.17, 15) is 0 Å². The number of nitrogens with two attached hydrogens (primary N) is 1.